The number of hydrogen-bond acceptors (Lipinski definition) is 4. The highest BCUT2D eigenvalue weighted by Crippen LogP contribution is 2.22. The van der Waals surface area contributed by atoms with E-state index >= 15 is 0 Å². The molecule has 0 aliphatic heterocycles. The first-order chi connectivity index (χ1) is 13.1. The molecule has 134 valence electrons. The fourth-order valence-corrected chi connectivity index (χ4v) is 3.22. The van der Waals surface area contributed by atoms with Crippen LogP contribution in [-0.2, 0) is 0 Å². The molecule has 0 amide bonds. The van der Waals surface area contributed by atoms with Crippen LogP contribution in [0.25, 0.3) is 0 Å². The zero-order valence-corrected chi connectivity index (χ0v) is 15.6. The smallest absolute Gasteiger partial charge is 0.258 e. The van der Waals surface area contributed by atoms with Gasteiger partial charge in [-0.05, 0) is 54.8 Å². The van der Waals surface area contributed by atoms with Crippen LogP contribution in [0.3, 0.4) is 0 Å². The number of non-ortho nitro benzene ring substituents is 1. The minimum absolute atomic E-state index is 0.0657. The first-order valence-corrected chi connectivity index (χ1v) is 9.28. The van der Waals surface area contributed by atoms with Crippen molar-refractivity contribution < 1.29 is 4.92 Å². The van der Waals surface area contributed by atoms with Gasteiger partial charge >= 0.3 is 0 Å². The molecule has 0 spiro atoms. The summed E-state index contributed by atoms with van der Waals surface area (Å²) in [6.07, 6.45) is 1.93. The molecule has 0 saturated heterocycles. The van der Waals surface area contributed by atoms with Gasteiger partial charge in [0.25, 0.3) is 5.69 Å². The molecule has 0 fully saturated rings. The van der Waals surface area contributed by atoms with Gasteiger partial charge in [0.1, 0.15) is 0 Å². The molecule has 0 saturated carbocycles. The van der Waals surface area contributed by atoms with Crippen LogP contribution < -0.4 is 0 Å². The van der Waals surface area contributed by atoms with Gasteiger partial charge in [-0.15, -0.1) is 0 Å². The maximum Gasteiger partial charge on any atom is 0.269 e. The van der Waals surface area contributed by atoms with Crippen molar-refractivity contribution >= 4 is 28.8 Å². The average Bonchev–Trinajstić information content (AvgIpc) is 2.68. The van der Waals surface area contributed by atoms with E-state index < -0.39 is 4.92 Å². The third-order valence-corrected chi connectivity index (χ3v) is 4.60. The van der Waals surface area contributed by atoms with Gasteiger partial charge in [0.15, 0.2) is 0 Å². The van der Waals surface area contributed by atoms with Crippen LogP contribution >= 0.6 is 11.8 Å². The first kappa shape index (κ1) is 18.6. The summed E-state index contributed by atoms with van der Waals surface area (Å²) in [6, 6.07) is 24.4. The van der Waals surface area contributed by atoms with E-state index in [0.717, 1.165) is 21.9 Å². The van der Waals surface area contributed by atoms with E-state index in [4.69, 9.17) is 4.99 Å². The Morgan fingerprint density at radius 2 is 1.74 bits per heavy atom. The second-order valence-electron chi connectivity index (χ2n) is 5.87. The zero-order valence-electron chi connectivity index (χ0n) is 14.8. The molecule has 0 aliphatic carbocycles. The number of aliphatic imine (C=N–C) groups is 1. The fraction of sp³-hybridized carbons (Fsp3) is 0.0455. The highest BCUT2D eigenvalue weighted by Gasteiger charge is 2.07. The second kappa shape index (κ2) is 8.96. The summed E-state index contributed by atoms with van der Waals surface area (Å²) >= 11 is 1.61. The second-order valence-corrected chi connectivity index (χ2v) is 6.85. The Hall–Kier alpha value is -3.18. The van der Waals surface area contributed by atoms with E-state index in [-0.39, 0.29) is 5.69 Å². The highest BCUT2D eigenvalue weighted by molar-refractivity contribution is 8.02. The third-order valence-electron chi connectivity index (χ3n) is 3.80. The molecule has 0 aromatic heterocycles. The number of aryl methyl sites for hydroxylation is 1. The van der Waals surface area contributed by atoms with Gasteiger partial charge < -0.3 is 0 Å². The number of para-hydroxylation sites is 1. The maximum atomic E-state index is 10.9. The third kappa shape index (κ3) is 5.39. The fourth-order valence-electron chi connectivity index (χ4n) is 2.46. The average molecular weight is 374 g/mol. The van der Waals surface area contributed by atoms with E-state index in [2.05, 4.69) is 25.1 Å². The molecule has 0 bridgehead atoms. The number of benzene rings is 3. The van der Waals surface area contributed by atoms with Crippen LogP contribution in [0.2, 0.25) is 0 Å². The van der Waals surface area contributed by atoms with Crippen molar-refractivity contribution in [1.29, 1.82) is 0 Å². The monoisotopic (exact) mass is 374 g/mol. The standard InChI is InChI=1S/C22H18N2O2S/c1-17-6-5-9-21(16-17)27-15-14-22(23-19-7-3-2-4-8-19)18-10-12-20(13-11-18)24(25)26/h2-16H,1H3. The number of thioether (sulfide) groups is 1. The molecular formula is C22H18N2O2S. The van der Waals surface area contributed by atoms with Gasteiger partial charge in [0.05, 0.1) is 16.3 Å². The van der Waals surface area contributed by atoms with E-state index in [1.54, 1.807) is 23.9 Å². The van der Waals surface area contributed by atoms with Crippen molar-refractivity contribution in [1.82, 2.24) is 0 Å². The van der Waals surface area contributed by atoms with Crippen LogP contribution in [0.1, 0.15) is 11.1 Å². The molecule has 4 nitrogen and oxygen atoms in total. The molecule has 0 N–H and O–H groups in total. The van der Waals surface area contributed by atoms with E-state index in [1.807, 2.05) is 47.9 Å². The summed E-state index contributed by atoms with van der Waals surface area (Å²) in [6.45, 7) is 2.06. The molecule has 3 aromatic rings. The molecule has 5 heteroatoms. The number of nitro benzene ring substituents is 1. The van der Waals surface area contributed by atoms with Gasteiger partial charge in [-0.25, -0.2) is 4.99 Å². The van der Waals surface area contributed by atoms with Crippen LogP contribution in [0.4, 0.5) is 11.4 Å². The van der Waals surface area contributed by atoms with Crippen LogP contribution in [0.5, 0.6) is 0 Å². The SMILES string of the molecule is Cc1cccc(SC=CC(=Nc2ccccc2)c2ccc([N+](=O)[O-])cc2)c1. The molecule has 0 heterocycles. The molecule has 0 aliphatic rings. The predicted octanol–water partition coefficient (Wildman–Crippen LogP) is 6.33. The molecule has 3 rings (SSSR count). The summed E-state index contributed by atoms with van der Waals surface area (Å²) in [5.74, 6) is 0. The van der Waals surface area contributed by atoms with Crippen molar-refractivity contribution in [2.24, 2.45) is 4.99 Å². The summed E-state index contributed by atoms with van der Waals surface area (Å²) in [7, 11) is 0. The Balaban J connectivity index is 1.89. The Morgan fingerprint density at radius 3 is 2.41 bits per heavy atom. The number of hydrogen-bond donors (Lipinski definition) is 0. The maximum absolute atomic E-state index is 10.9. The normalized spacial score (nSPS) is 11.7. The van der Waals surface area contributed by atoms with E-state index in [1.165, 1.54) is 17.7 Å². The van der Waals surface area contributed by atoms with Gasteiger partial charge in [-0.1, -0.05) is 47.7 Å². The topological polar surface area (TPSA) is 55.5 Å². The van der Waals surface area contributed by atoms with Gasteiger partial charge in [0.2, 0.25) is 0 Å². The Bertz CT molecular complexity index is 981. The molecule has 27 heavy (non-hydrogen) atoms. The Kier molecular flexibility index (Phi) is 6.18. The molecular weight excluding hydrogens is 356 g/mol. The quantitative estimate of drug-likeness (QED) is 0.219. The summed E-state index contributed by atoms with van der Waals surface area (Å²) < 4.78 is 0. The van der Waals surface area contributed by atoms with Crippen molar-refractivity contribution in [3.63, 3.8) is 0 Å². The lowest BCUT2D eigenvalue weighted by atomic mass is 10.1. The lowest BCUT2D eigenvalue weighted by molar-refractivity contribution is -0.384. The molecule has 0 atom stereocenters. The van der Waals surface area contributed by atoms with E-state index in [9.17, 15) is 10.1 Å². The highest BCUT2D eigenvalue weighted by atomic mass is 32.2. The summed E-state index contributed by atoms with van der Waals surface area (Å²) in [4.78, 5) is 16.3. The zero-order chi connectivity index (χ0) is 19.1. The van der Waals surface area contributed by atoms with Crippen molar-refractivity contribution in [3.05, 3.63) is 112 Å². The lowest BCUT2D eigenvalue weighted by Crippen LogP contribution is -1.97. The molecule has 0 unspecified atom stereocenters. The Labute approximate surface area is 162 Å². The van der Waals surface area contributed by atoms with Crippen LogP contribution in [-0.4, -0.2) is 10.6 Å². The lowest BCUT2D eigenvalue weighted by Gasteiger charge is -2.03. The first-order valence-electron chi connectivity index (χ1n) is 8.40. The largest absolute Gasteiger partial charge is 0.269 e. The van der Waals surface area contributed by atoms with Crippen LogP contribution in [0.15, 0.2) is 100 Å². The minimum atomic E-state index is -0.402. The summed E-state index contributed by atoms with van der Waals surface area (Å²) in [5.41, 5.74) is 3.68. The number of allylic oxidation sites excluding steroid dienone is 1. The summed E-state index contributed by atoms with van der Waals surface area (Å²) in [5, 5.41) is 12.9. The van der Waals surface area contributed by atoms with Gasteiger partial charge in [-0.3, -0.25) is 10.1 Å². The molecule has 3 aromatic carbocycles. The number of nitrogens with zero attached hydrogens (tertiary/aromatic N) is 2. The number of nitro groups is 1. The van der Waals surface area contributed by atoms with Crippen molar-refractivity contribution in [2.75, 3.05) is 0 Å². The molecule has 0 radical (unpaired) electrons. The van der Waals surface area contributed by atoms with Gasteiger partial charge in [0, 0.05) is 22.6 Å². The van der Waals surface area contributed by atoms with E-state index in [0.29, 0.717) is 0 Å². The minimum Gasteiger partial charge on any atom is -0.258 e. The Morgan fingerprint density at radius 1 is 1.00 bits per heavy atom. The number of rotatable bonds is 6. The van der Waals surface area contributed by atoms with Crippen molar-refractivity contribution in [3.8, 4) is 0 Å². The predicted molar refractivity (Wildman–Crippen MR) is 112 cm³/mol. The van der Waals surface area contributed by atoms with Crippen LogP contribution in [0, 0.1) is 17.0 Å². The van der Waals surface area contributed by atoms with Crippen molar-refractivity contribution in [2.45, 2.75) is 11.8 Å². The van der Waals surface area contributed by atoms with Gasteiger partial charge in [-0.2, -0.15) is 0 Å².